The normalized spacial score (nSPS) is 15.1. The van der Waals surface area contributed by atoms with Crippen LogP contribution in [0.3, 0.4) is 0 Å². The molecule has 17 heavy (non-hydrogen) atoms. The summed E-state index contributed by atoms with van der Waals surface area (Å²) in [5.74, 6) is 0.871. The lowest BCUT2D eigenvalue weighted by molar-refractivity contribution is 0.126. The fourth-order valence-corrected chi connectivity index (χ4v) is 1.98. The van der Waals surface area contributed by atoms with Gasteiger partial charge in [0.1, 0.15) is 0 Å². The van der Waals surface area contributed by atoms with Gasteiger partial charge >= 0.3 is 0 Å². The zero-order chi connectivity index (χ0) is 11.9. The molecule has 0 unspecified atom stereocenters. The molecule has 0 heterocycles. The van der Waals surface area contributed by atoms with Gasteiger partial charge in [0.15, 0.2) is 0 Å². The molecule has 0 aliphatic heterocycles. The Balaban J connectivity index is 1.59. The maximum absolute atomic E-state index is 5.59. The highest BCUT2D eigenvalue weighted by Gasteiger charge is 2.20. The summed E-state index contributed by atoms with van der Waals surface area (Å²) in [5, 5.41) is 3.45. The zero-order valence-electron chi connectivity index (χ0n) is 10.7. The van der Waals surface area contributed by atoms with E-state index in [0.29, 0.717) is 0 Å². The monoisotopic (exact) mass is 233 g/mol. The molecular weight excluding hydrogens is 210 g/mol. The van der Waals surface area contributed by atoms with E-state index in [1.165, 1.54) is 24.0 Å². The van der Waals surface area contributed by atoms with Crippen LogP contribution in [0, 0.1) is 5.92 Å². The maximum atomic E-state index is 5.59. The van der Waals surface area contributed by atoms with E-state index >= 15 is 0 Å². The third kappa shape index (κ3) is 4.49. The number of ether oxygens (including phenoxy) is 1. The average molecular weight is 233 g/mol. The van der Waals surface area contributed by atoms with Crippen molar-refractivity contribution < 1.29 is 4.74 Å². The number of nitrogens with one attached hydrogen (secondary N) is 1. The van der Waals surface area contributed by atoms with E-state index in [2.05, 4.69) is 36.5 Å². The van der Waals surface area contributed by atoms with Gasteiger partial charge in [0, 0.05) is 19.7 Å². The Hall–Kier alpha value is -0.860. The van der Waals surface area contributed by atoms with Gasteiger partial charge in [-0.15, -0.1) is 0 Å². The first-order chi connectivity index (χ1) is 8.40. The summed E-state index contributed by atoms with van der Waals surface area (Å²) in [7, 11) is 0. The molecule has 1 aromatic carbocycles. The molecule has 0 saturated heterocycles. The van der Waals surface area contributed by atoms with Gasteiger partial charge in [0.05, 0.1) is 6.61 Å². The molecule has 1 saturated carbocycles. The number of hydrogen-bond acceptors (Lipinski definition) is 2. The SMILES string of the molecule is CCc1ccccc1CNCCOCC1CC1. The molecule has 2 heteroatoms. The molecule has 0 spiro atoms. The molecule has 2 rings (SSSR count). The van der Waals surface area contributed by atoms with Crippen LogP contribution in [0.15, 0.2) is 24.3 Å². The Morgan fingerprint density at radius 3 is 2.71 bits per heavy atom. The van der Waals surface area contributed by atoms with Crippen molar-refractivity contribution in [2.24, 2.45) is 5.92 Å². The second-order valence-corrected chi connectivity index (χ2v) is 4.82. The van der Waals surface area contributed by atoms with Gasteiger partial charge < -0.3 is 10.1 Å². The zero-order valence-corrected chi connectivity index (χ0v) is 10.7. The van der Waals surface area contributed by atoms with Crippen molar-refractivity contribution in [3.63, 3.8) is 0 Å². The highest BCUT2D eigenvalue weighted by molar-refractivity contribution is 5.26. The molecule has 1 aliphatic carbocycles. The van der Waals surface area contributed by atoms with Crippen LogP contribution in [0.2, 0.25) is 0 Å². The summed E-state index contributed by atoms with van der Waals surface area (Å²) < 4.78 is 5.59. The third-order valence-corrected chi connectivity index (χ3v) is 3.29. The molecule has 94 valence electrons. The minimum Gasteiger partial charge on any atom is -0.380 e. The second-order valence-electron chi connectivity index (χ2n) is 4.82. The first-order valence-electron chi connectivity index (χ1n) is 6.75. The molecule has 0 atom stereocenters. The highest BCUT2D eigenvalue weighted by Crippen LogP contribution is 2.28. The van der Waals surface area contributed by atoms with Crippen LogP contribution in [0.5, 0.6) is 0 Å². The standard InChI is InChI=1S/C15H23NO/c1-2-14-5-3-4-6-15(14)11-16-9-10-17-12-13-7-8-13/h3-6,13,16H,2,7-12H2,1H3. The molecule has 1 fully saturated rings. The molecule has 2 nitrogen and oxygen atoms in total. The van der Waals surface area contributed by atoms with Crippen molar-refractivity contribution in [2.45, 2.75) is 32.7 Å². The summed E-state index contributed by atoms with van der Waals surface area (Å²) in [5.41, 5.74) is 2.86. The van der Waals surface area contributed by atoms with Crippen molar-refractivity contribution >= 4 is 0 Å². The maximum Gasteiger partial charge on any atom is 0.0591 e. The topological polar surface area (TPSA) is 21.3 Å². The molecule has 1 aromatic rings. The fourth-order valence-electron chi connectivity index (χ4n) is 1.98. The van der Waals surface area contributed by atoms with E-state index < -0.39 is 0 Å². The number of rotatable bonds is 8. The molecule has 0 bridgehead atoms. The van der Waals surface area contributed by atoms with E-state index in [1.807, 2.05) is 0 Å². The van der Waals surface area contributed by atoms with Crippen LogP contribution in [-0.2, 0) is 17.7 Å². The van der Waals surface area contributed by atoms with Gasteiger partial charge in [0.2, 0.25) is 0 Å². The van der Waals surface area contributed by atoms with Crippen molar-refractivity contribution in [1.29, 1.82) is 0 Å². The quantitative estimate of drug-likeness (QED) is 0.697. The summed E-state index contributed by atoms with van der Waals surface area (Å²) >= 11 is 0. The second kappa shape index (κ2) is 6.77. The van der Waals surface area contributed by atoms with Crippen LogP contribution in [0.25, 0.3) is 0 Å². The van der Waals surface area contributed by atoms with E-state index in [0.717, 1.165) is 38.6 Å². The van der Waals surface area contributed by atoms with Crippen LogP contribution < -0.4 is 5.32 Å². The summed E-state index contributed by atoms with van der Waals surface area (Å²) in [6.07, 6.45) is 3.85. The first kappa shape index (κ1) is 12.6. The number of aryl methyl sites for hydroxylation is 1. The Bertz CT molecular complexity index is 333. The average Bonchev–Trinajstić information content (AvgIpc) is 3.18. The van der Waals surface area contributed by atoms with E-state index in [4.69, 9.17) is 4.74 Å². The first-order valence-corrected chi connectivity index (χ1v) is 6.75. The minimum atomic E-state index is 0.838. The van der Waals surface area contributed by atoms with Gasteiger partial charge in [0.25, 0.3) is 0 Å². The van der Waals surface area contributed by atoms with E-state index in [1.54, 1.807) is 0 Å². The van der Waals surface area contributed by atoms with Crippen LogP contribution in [-0.4, -0.2) is 19.8 Å². The number of hydrogen-bond donors (Lipinski definition) is 1. The van der Waals surface area contributed by atoms with Crippen molar-refractivity contribution in [3.05, 3.63) is 35.4 Å². The Morgan fingerprint density at radius 2 is 2.00 bits per heavy atom. The van der Waals surface area contributed by atoms with E-state index in [-0.39, 0.29) is 0 Å². The smallest absolute Gasteiger partial charge is 0.0591 e. The van der Waals surface area contributed by atoms with Gasteiger partial charge in [-0.3, -0.25) is 0 Å². The summed E-state index contributed by atoms with van der Waals surface area (Å²) in [6, 6.07) is 8.64. The van der Waals surface area contributed by atoms with Gasteiger partial charge in [-0.2, -0.15) is 0 Å². The minimum absolute atomic E-state index is 0.838. The van der Waals surface area contributed by atoms with Crippen molar-refractivity contribution in [2.75, 3.05) is 19.8 Å². The summed E-state index contributed by atoms with van der Waals surface area (Å²) in [6.45, 7) is 5.91. The predicted octanol–water partition coefficient (Wildman–Crippen LogP) is 2.77. The predicted molar refractivity (Wildman–Crippen MR) is 71.1 cm³/mol. The lowest BCUT2D eigenvalue weighted by Gasteiger charge is -2.09. The molecule has 0 amide bonds. The fraction of sp³-hybridized carbons (Fsp3) is 0.600. The van der Waals surface area contributed by atoms with Gasteiger partial charge in [-0.05, 0) is 36.3 Å². The van der Waals surface area contributed by atoms with Crippen LogP contribution in [0.1, 0.15) is 30.9 Å². The number of benzene rings is 1. The van der Waals surface area contributed by atoms with Crippen LogP contribution >= 0.6 is 0 Å². The molecule has 0 aromatic heterocycles. The lowest BCUT2D eigenvalue weighted by Crippen LogP contribution is -2.20. The molecule has 1 N–H and O–H groups in total. The van der Waals surface area contributed by atoms with Crippen molar-refractivity contribution in [3.8, 4) is 0 Å². The van der Waals surface area contributed by atoms with Crippen LogP contribution in [0.4, 0.5) is 0 Å². The molecule has 0 radical (unpaired) electrons. The van der Waals surface area contributed by atoms with Crippen molar-refractivity contribution in [1.82, 2.24) is 5.32 Å². The largest absolute Gasteiger partial charge is 0.380 e. The molecular formula is C15H23NO. The molecule has 1 aliphatic rings. The Morgan fingerprint density at radius 1 is 1.24 bits per heavy atom. The van der Waals surface area contributed by atoms with Gasteiger partial charge in [-0.25, -0.2) is 0 Å². The Labute approximate surface area is 104 Å². The lowest BCUT2D eigenvalue weighted by atomic mass is 10.1. The van der Waals surface area contributed by atoms with E-state index in [9.17, 15) is 0 Å². The van der Waals surface area contributed by atoms with Gasteiger partial charge in [-0.1, -0.05) is 31.2 Å². The Kier molecular flexibility index (Phi) is 5.02. The highest BCUT2D eigenvalue weighted by atomic mass is 16.5. The summed E-state index contributed by atoms with van der Waals surface area (Å²) in [4.78, 5) is 0. The third-order valence-electron chi connectivity index (χ3n) is 3.29.